The van der Waals surface area contributed by atoms with E-state index in [1.165, 1.54) is 18.2 Å². The Kier molecular flexibility index (Phi) is 6.58. The predicted octanol–water partition coefficient (Wildman–Crippen LogP) is 6.84. The van der Waals surface area contributed by atoms with Crippen molar-refractivity contribution in [3.63, 3.8) is 0 Å². The van der Waals surface area contributed by atoms with E-state index in [1.807, 2.05) is 60.7 Å². The van der Waals surface area contributed by atoms with Crippen LogP contribution in [0.2, 0.25) is 0 Å². The van der Waals surface area contributed by atoms with E-state index in [4.69, 9.17) is 4.98 Å². The van der Waals surface area contributed by atoms with Crippen LogP contribution < -0.4 is 0 Å². The smallest absolute Gasteiger partial charge is 0.115 e. The number of nitrogens with zero attached hydrogens (tertiary/aromatic N) is 2. The molecule has 30 heavy (non-hydrogen) atoms. The first-order chi connectivity index (χ1) is 14.6. The Labute approximate surface area is 190 Å². The highest BCUT2D eigenvalue weighted by molar-refractivity contribution is 9.10. The summed E-state index contributed by atoms with van der Waals surface area (Å²) < 4.78 is 1.01. The highest BCUT2D eigenvalue weighted by Gasteiger charge is 2.30. The second-order valence-electron chi connectivity index (χ2n) is 7.79. The number of hydrogen-bond acceptors (Lipinski definition) is 4. The Bertz CT molecular complexity index is 1060. The molecule has 2 aromatic carbocycles. The van der Waals surface area contributed by atoms with E-state index in [9.17, 15) is 10.4 Å². The molecule has 1 heterocycles. The third-order valence-electron chi connectivity index (χ3n) is 5.58. The van der Waals surface area contributed by atoms with E-state index in [1.54, 1.807) is 0 Å². The van der Waals surface area contributed by atoms with Gasteiger partial charge in [0.05, 0.1) is 16.9 Å². The summed E-state index contributed by atoms with van der Waals surface area (Å²) >= 11 is 4.99. The Balaban J connectivity index is 1.77. The fraction of sp³-hybridized carbons (Fsp3) is 0.280. The summed E-state index contributed by atoms with van der Waals surface area (Å²) in [6, 6.07) is 22.4. The van der Waals surface area contributed by atoms with Gasteiger partial charge in [-0.25, -0.2) is 4.98 Å². The average molecular weight is 479 g/mol. The minimum Gasteiger partial charge on any atom is -0.389 e. The van der Waals surface area contributed by atoms with Gasteiger partial charge in [0, 0.05) is 21.4 Å². The van der Waals surface area contributed by atoms with Crippen LogP contribution in [0.1, 0.15) is 37.7 Å². The van der Waals surface area contributed by atoms with Crippen molar-refractivity contribution in [3.8, 4) is 28.5 Å². The molecule has 3 aromatic rings. The second-order valence-corrected chi connectivity index (χ2v) is 9.67. The first-order valence-corrected chi connectivity index (χ1v) is 12.0. The molecule has 0 amide bonds. The van der Waals surface area contributed by atoms with Crippen LogP contribution in [0.4, 0.5) is 0 Å². The zero-order valence-corrected chi connectivity index (χ0v) is 19.0. The fourth-order valence-corrected chi connectivity index (χ4v) is 5.33. The molecule has 0 aliphatic heterocycles. The van der Waals surface area contributed by atoms with Crippen molar-refractivity contribution in [1.82, 2.24) is 4.98 Å². The lowest BCUT2D eigenvalue weighted by molar-refractivity contribution is 0.0272. The lowest BCUT2D eigenvalue weighted by Gasteiger charge is -2.31. The summed E-state index contributed by atoms with van der Waals surface area (Å²) in [6.07, 6.45) is 4.94. The summed E-state index contributed by atoms with van der Waals surface area (Å²) in [5.74, 6) is 0.562. The van der Waals surface area contributed by atoms with E-state index >= 15 is 0 Å². The lowest BCUT2D eigenvalue weighted by atomic mass is 9.86. The van der Waals surface area contributed by atoms with E-state index in [0.29, 0.717) is 16.3 Å². The molecule has 0 unspecified atom stereocenters. The predicted molar refractivity (Wildman–Crippen MR) is 126 cm³/mol. The van der Waals surface area contributed by atoms with Gasteiger partial charge in [-0.2, -0.15) is 5.26 Å². The van der Waals surface area contributed by atoms with Crippen molar-refractivity contribution in [2.45, 2.75) is 42.7 Å². The summed E-state index contributed by atoms with van der Waals surface area (Å²) in [6.45, 7) is 0. The second kappa shape index (κ2) is 9.34. The van der Waals surface area contributed by atoms with Gasteiger partial charge >= 0.3 is 0 Å². The van der Waals surface area contributed by atoms with Crippen LogP contribution in [0.5, 0.6) is 0 Å². The summed E-state index contributed by atoms with van der Waals surface area (Å²) in [5.41, 5.74) is 3.61. The minimum atomic E-state index is -0.669. The molecule has 1 aromatic heterocycles. The van der Waals surface area contributed by atoms with Gasteiger partial charge in [0.15, 0.2) is 0 Å². The molecule has 5 heteroatoms. The van der Waals surface area contributed by atoms with Gasteiger partial charge in [-0.3, -0.25) is 0 Å². The molecule has 0 atom stereocenters. The number of pyridine rings is 1. The van der Waals surface area contributed by atoms with Gasteiger partial charge < -0.3 is 5.11 Å². The maximum Gasteiger partial charge on any atom is 0.115 e. The highest BCUT2D eigenvalue weighted by atomic mass is 79.9. The van der Waals surface area contributed by atoms with Gasteiger partial charge in [-0.1, -0.05) is 77.7 Å². The van der Waals surface area contributed by atoms with Crippen LogP contribution >= 0.6 is 27.7 Å². The van der Waals surface area contributed by atoms with Crippen molar-refractivity contribution in [1.29, 1.82) is 5.26 Å². The zero-order chi connectivity index (χ0) is 21.0. The SMILES string of the molecule is N#Cc1c(-c2ccccc2)cc(-c2ccc(Br)cc2)nc1SCC1(O)CCCCC1. The molecule has 0 saturated heterocycles. The number of halogens is 1. The molecule has 4 rings (SSSR count). The Hall–Kier alpha value is -2.13. The van der Waals surface area contributed by atoms with Crippen molar-refractivity contribution >= 4 is 27.7 Å². The molecule has 1 N–H and O–H groups in total. The molecule has 1 saturated carbocycles. The molecule has 0 bridgehead atoms. The van der Waals surface area contributed by atoms with Gasteiger partial charge in [0.1, 0.15) is 11.1 Å². The van der Waals surface area contributed by atoms with Crippen molar-refractivity contribution in [2.24, 2.45) is 0 Å². The van der Waals surface area contributed by atoms with E-state index < -0.39 is 5.60 Å². The summed E-state index contributed by atoms with van der Waals surface area (Å²) in [7, 11) is 0. The monoisotopic (exact) mass is 478 g/mol. The van der Waals surface area contributed by atoms with Crippen LogP contribution in [-0.4, -0.2) is 21.4 Å². The van der Waals surface area contributed by atoms with Gasteiger partial charge in [-0.05, 0) is 36.6 Å². The Morgan fingerprint density at radius 3 is 2.37 bits per heavy atom. The highest BCUT2D eigenvalue weighted by Crippen LogP contribution is 2.38. The third-order valence-corrected chi connectivity index (χ3v) is 7.36. The number of thioether (sulfide) groups is 1. The molecule has 0 radical (unpaired) electrons. The number of aliphatic hydroxyl groups is 1. The molecule has 152 valence electrons. The molecular weight excluding hydrogens is 456 g/mol. The number of nitriles is 1. The maximum absolute atomic E-state index is 11.0. The van der Waals surface area contributed by atoms with Gasteiger partial charge in [-0.15, -0.1) is 11.8 Å². The number of aromatic nitrogens is 1. The van der Waals surface area contributed by atoms with E-state index in [-0.39, 0.29) is 0 Å². The zero-order valence-electron chi connectivity index (χ0n) is 16.6. The quantitative estimate of drug-likeness (QED) is 0.407. The maximum atomic E-state index is 11.0. The normalized spacial score (nSPS) is 15.5. The van der Waals surface area contributed by atoms with Crippen molar-refractivity contribution in [2.75, 3.05) is 5.75 Å². The molecule has 1 aliphatic rings. The van der Waals surface area contributed by atoms with E-state index in [0.717, 1.165) is 52.5 Å². The number of hydrogen-bond donors (Lipinski definition) is 1. The molecule has 3 nitrogen and oxygen atoms in total. The van der Waals surface area contributed by atoms with Crippen LogP contribution in [0.3, 0.4) is 0 Å². The first-order valence-electron chi connectivity index (χ1n) is 10.2. The van der Waals surface area contributed by atoms with Gasteiger partial charge in [0.2, 0.25) is 0 Å². The first kappa shape index (κ1) is 21.1. The standard InChI is InChI=1S/C25H23BrN2OS/c26-20-11-9-19(10-12-20)23-15-21(18-7-3-1-4-8-18)22(16-27)24(28-23)30-17-25(29)13-5-2-6-14-25/h1,3-4,7-12,15,29H,2,5-6,13-14,17H2. The average Bonchev–Trinajstić information content (AvgIpc) is 2.78. The summed E-state index contributed by atoms with van der Waals surface area (Å²) in [5, 5.41) is 21.6. The fourth-order valence-electron chi connectivity index (χ4n) is 3.90. The van der Waals surface area contributed by atoms with E-state index in [2.05, 4.69) is 22.0 Å². The van der Waals surface area contributed by atoms with Crippen molar-refractivity contribution < 1.29 is 5.11 Å². The third kappa shape index (κ3) is 4.78. The molecule has 1 fully saturated rings. The number of benzene rings is 2. The van der Waals surface area contributed by atoms with Gasteiger partial charge in [0.25, 0.3) is 0 Å². The van der Waals surface area contributed by atoms with Crippen LogP contribution in [0, 0.1) is 11.3 Å². The molecular formula is C25H23BrN2OS. The molecule has 1 aliphatic carbocycles. The Morgan fingerprint density at radius 1 is 1.00 bits per heavy atom. The Morgan fingerprint density at radius 2 is 1.70 bits per heavy atom. The van der Waals surface area contributed by atoms with Crippen molar-refractivity contribution in [3.05, 3.63) is 70.7 Å². The topological polar surface area (TPSA) is 56.9 Å². The lowest BCUT2D eigenvalue weighted by Crippen LogP contribution is -2.34. The minimum absolute atomic E-state index is 0.562. The summed E-state index contributed by atoms with van der Waals surface area (Å²) in [4.78, 5) is 4.86. The van der Waals surface area contributed by atoms with Crippen LogP contribution in [0.15, 0.2) is 70.2 Å². The van der Waals surface area contributed by atoms with Crippen LogP contribution in [-0.2, 0) is 0 Å². The molecule has 0 spiro atoms. The number of rotatable bonds is 5. The van der Waals surface area contributed by atoms with Crippen LogP contribution in [0.25, 0.3) is 22.4 Å². The largest absolute Gasteiger partial charge is 0.389 e.